The van der Waals surface area contributed by atoms with Crippen LogP contribution in [-0.4, -0.2) is 32.8 Å². The molecule has 27 heavy (non-hydrogen) atoms. The average Bonchev–Trinajstić information content (AvgIpc) is 2.67. The summed E-state index contributed by atoms with van der Waals surface area (Å²) < 4.78 is 22.0. The summed E-state index contributed by atoms with van der Waals surface area (Å²) >= 11 is 0. The molecule has 1 heterocycles. The average molecular weight is 371 g/mol. The fraction of sp³-hybridized carbons (Fsp3) is 0.381. The van der Waals surface area contributed by atoms with Crippen molar-refractivity contribution in [3.63, 3.8) is 0 Å². The van der Waals surface area contributed by atoms with Gasteiger partial charge in [-0.05, 0) is 56.7 Å². The molecule has 0 atom stereocenters. The van der Waals surface area contributed by atoms with Gasteiger partial charge < -0.3 is 24.3 Å². The van der Waals surface area contributed by atoms with Crippen molar-refractivity contribution in [2.75, 3.05) is 26.9 Å². The predicted octanol–water partition coefficient (Wildman–Crippen LogP) is 3.53. The highest BCUT2D eigenvalue weighted by molar-refractivity contribution is 5.95. The summed E-state index contributed by atoms with van der Waals surface area (Å²) in [6, 6.07) is 10.9. The van der Waals surface area contributed by atoms with Crippen LogP contribution in [0.3, 0.4) is 0 Å². The summed E-state index contributed by atoms with van der Waals surface area (Å²) in [5, 5.41) is 3.07. The number of fused-ring (bicyclic) bond motifs is 1. The third-order valence-electron chi connectivity index (χ3n) is 4.42. The highest BCUT2D eigenvalue weighted by Crippen LogP contribution is 2.34. The van der Waals surface area contributed by atoms with E-state index in [9.17, 15) is 4.79 Å². The Morgan fingerprint density at radius 2 is 1.81 bits per heavy atom. The van der Waals surface area contributed by atoms with E-state index in [1.165, 1.54) is 0 Å². The van der Waals surface area contributed by atoms with Crippen LogP contribution >= 0.6 is 0 Å². The zero-order valence-corrected chi connectivity index (χ0v) is 16.1. The number of rotatable bonds is 6. The van der Waals surface area contributed by atoms with E-state index in [-0.39, 0.29) is 5.91 Å². The van der Waals surface area contributed by atoms with Crippen molar-refractivity contribution in [2.24, 2.45) is 0 Å². The lowest BCUT2D eigenvalue weighted by Crippen LogP contribution is -2.41. The maximum Gasteiger partial charge on any atom is 0.252 e. The van der Waals surface area contributed by atoms with Crippen LogP contribution in [0.4, 0.5) is 0 Å². The summed E-state index contributed by atoms with van der Waals surface area (Å²) in [5.74, 6) is 2.37. The number of benzene rings is 2. The molecular formula is C21H25NO5. The molecule has 6 nitrogen and oxygen atoms in total. The van der Waals surface area contributed by atoms with Crippen LogP contribution in [0.1, 0.15) is 36.7 Å². The Balaban J connectivity index is 1.81. The quantitative estimate of drug-likeness (QED) is 0.841. The molecule has 2 aromatic rings. The van der Waals surface area contributed by atoms with Crippen molar-refractivity contribution in [3.8, 4) is 23.0 Å². The molecular weight excluding hydrogens is 346 g/mol. The Labute approximate surface area is 159 Å². The number of amides is 1. The third kappa shape index (κ3) is 4.10. The summed E-state index contributed by atoms with van der Waals surface area (Å²) in [6.45, 7) is 7.34. The molecule has 0 saturated carbocycles. The maximum atomic E-state index is 12.8. The van der Waals surface area contributed by atoms with Gasteiger partial charge in [-0.15, -0.1) is 0 Å². The van der Waals surface area contributed by atoms with Crippen LogP contribution < -0.4 is 24.3 Å². The predicted molar refractivity (Wildman–Crippen MR) is 102 cm³/mol. The third-order valence-corrected chi connectivity index (χ3v) is 4.42. The molecule has 144 valence electrons. The normalized spacial score (nSPS) is 13.0. The van der Waals surface area contributed by atoms with Crippen LogP contribution in [-0.2, 0) is 5.54 Å². The molecule has 1 aliphatic rings. The minimum absolute atomic E-state index is 0.196. The number of carbonyl (C=O) groups is 1. The Kier molecular flexibility index (Phi) is 5.44. The Morgan fingerprint density at radius 1 is 1.07 bits per heavy atom. The largest absolute Gasteiger partial charge is 0.493 e. The van der Waals surface area contributed by atoms with Crippen LogP contribution in [0.2, 0.25) is 0 Å². The summed E-state index contributed by atoms with van der Waals surface area (Å²) in [6.07, 6.45) is 0. The first-order valence-electron chi connectivity index (χ1n) is 8.98. The van der Waals surface area contributed by atoms with Crippen molar-refractivity contribution in [3.05, 3.63) is 47.5 Å². The number of carbonyl (C=O) groups excluding carboxylic acids is 1. The minimum atomic E-state index is -0.599. The minimum Gasteiger partial charge on any atom is -0.493 e. The van der Waals surface area contributed by atoms with Gasteiger partial charge in [-0.1, -0.05) is 6.07 Å². The molecule has 3 rings (SSSR count). The van der Waals surface area contributed by atoms with Crippen molar-refractivity contribution in [2.45, 2.75) is 26.3 Å². The number of nitrogens with one attached hydrogen (secondary N) is 1. The molecule has 6 heteroatoms. The van der Waals surface area contributed by atoms with Crippen molar-refractivity contribution in [1.29, 1.82) is 0 Å². The zero-order chi connectivity index (χ0) is 19.4. The van der Waals surface area contributed by atoms with Gasteiger partial charge in [0, 0.05) is 5.56 Å². The van der Waals surface area contributed by atoms with Gasteiger partial charge in [0.15, 0.2) is 23.0 Å². The van der Waals surface area contributed by atoms with Gasteiger partial charge in [-0.2, -0.15) is 0 Å². The van der Waals surface area contributed by atoms with Gasteiger partial charge in [0.05, 0.1) is 19.3 Å². The lowest BCUT2D eigenvalue weighted by molar-refractivity contribution is 0.0911. The Bertz CT molecular complexity index is 831. The second-order valence-electron chi connectivity index (χ2n) is 6.74. The summed E-state index contributed by atoms with van der Waals surface area (Å²) in [5.41, 5.74) is 0.835. The Morgan fingerprint density at radius 3 is 2.52 bits per heavy atom. The summed E-state index contributed by atoms with van der Waals surface area (Å²) in [7, 11) is 1.57. The SMILES string of the molecule is CCOc1cc(C(=O)NC(C)(C)c2ccc3c(c2)OCCO3)ccc1OC. The molecule has 0 fully saturated rings. The fourth-order valence-corrected chi connectivity index (χ4v) is 2.95. The van der Waals surface area contributed by atoms with Gasteiger partial charge in [-0.3, -0.25) is 4.79 Å². The molecule has 0 aliphatic carbocycles. The van der Waals surface area contributed by atoms with Gasteiger partial charge in [-0.25, -0.2) is 0 Å². The van der Waals surface area contributed by atoms with E-state index in [1.807, 2.05) is 39.0 Å². The van der Waals surface area contributed by atoms with Crippen LogP contribution in [0.25, 0.3) is 0 Å². The first-order chi connectivity index (χ1) is 12.9. The van der Waals surface area contributed by atoms with Gasteiger partial charge in [0.1, 0.15) is 13.2 Å². The highest BCUT2D eigenvalue weighted by Gasteiger charge is 2.26. The molecule has 0 unspecified atom stereocenters. The topological polar surface area (TPSA) is 66.0 Å². The summed E-state index contributed by atoms with van der Waals surface area (Å²) in [4.78, 5) is 12.8. The van der Waals surface area contributed by atoms with Crippen molar-refractivity contribution in [1.82, 2.24) is 5.32 Å². The number of methoxy groups -OCH3 is 1. The molecule has 1 aliphatic heterocycles. The molecule has 0 radical (unpaired) electrons. The van der Waals surface area contributed by atoms with Gasteiger partial charge in [0.2, 0.25) is 0 Å². The van der Waals surface area contributed by atoms with Gasteiger partial charge >= 0.3 is 0 Å². The van der Waals surface area contributed by atoms with Crippen LogP contribution in [0.15, 0.2) is 36.4 Å². The van der Waals surface area contributed by atoms with E-state index in [0.717, 1.165) is 11.3 Å². The van der Waals surface area contributed by atoms with E-state index in [2.05, 4.69) is 5.32 Å². The molecule has 0 spiro atoms. The highest BCUT2D eigenvalue weighted by atomic mass is 16.6. The van der Waals surface area contributed by atoms with Crippen molar-refractivity contribution < 1.29 is 23.7 Å². The van der Waals surface area contributed by atoms with E-state index in [0.29, 0.717) is 42.6 Å². The smallest absolute Gasteiger partial charge is 0.252 e. The molecule has 2 aromatic carbocycles. The zero-order valence-electron chi connectivity index (χ0n) is 16.1. The standard InChI is InChI=1S/C21H25NO5/c1-5-25-18-12-14(6-8-16(18)24-4)20(23)22-21(2,3)15-7-9-17-19(13-15)27-11-10-26-17/h6-9,12-13H,5,10-11H2,1-4H3,(H,22,23). The van der Waals surface area contributed by atoms with Crippen LogP contribution in [0, 0.1) is 0 Å². The van der Waals surface area contributed by atoms with Crippen molar-refractivity contribution >= 4 is 5.91 Å². The van der Waals surface area contributed by atoms with Crippen LogP contribution in [0.5, 0.6) is 23.0 Å². The van der Waals surface area contributed by atoms with E-state index >= 15 is 0 Å². The van der Waals surface area contributed by atoms with E-state index in [4.69, 9.17) is 18.9 Å². The maximum absolute atomic E-state index is 12.8. The molecule has 1 N–H and O–H groups in total. The van der Waals surface area contributed by atoms with E-state index < -0.39 is 5.54 Å². The molecule has 0 saturated heterocycles. The molecule has 0 bridgehead atoms. The molecule has 0 aromatic heterocycles. The monoisotopic (exact) mass is 371 g/mol. The number of hydrogen-bond acceptors (Lipinski definition) is 5. The lowest BCUT2D eigenvalue weighted by Gasteiger charge is -2.29. The fourth-order valence-electron chi connectivity index (χ4n) is 2.95. The lowest BCUT2D eigenvalue weighted by atomic mass is 9.93. The Hall–Kier alpha value is -2.89. The molecule has 1 amide bonds. The second kappa shape index (κ2) is 7.78. The van der Waals surface area contributed by atoms with Gasteiger partial charge in [0.25, 0.3) is 5.91 Å². The van der Waals surface area contributed by atoms with E-state index in [1.54, 1.807) is 25.3 Å². The first-order valence-corrected chi connectivity index (χ1v) is 8.98. The second-order valence-corrected chi connectivity index (χ2v) is 6.74. The number of ether oxygens (including phenoxy) is 4. The number of hydrogen-bond donors (Lipinski definition) is 1. The first kappa shape index (κ1) is 18.9.